The molecule has 0 radical (unpaired) electrons. The fraction of sp³-hybridized carbons (Fsp3) is 0.480. The van der Waals surface area contributed by atoms with Crippen LogP contribution in [0.2, 0.25) is 0 Å². The van der Waals surface area contributed by atoms with Gasteiger partial charge < -0.3 is 10.1 Å². The van der Waals surface area contributed by atoms with Crippen molar-refractivity contribution in [3.05, 3.63) is 59.7 Å². The van der Waals surface area contributed by atoms with Crippen LogP contribution in [0.15, 0.2) is 48.5 Å². The maximum Gasteiger partial charge on any atom is 0.416 e. The first kappa shape index (κ1) is 20.4. The van der Waals surface area contributed by atoms with Gasteiger partial charge in [-0.2, -0.15) is 13.2 Å². The zero-order valence-electron chi connectivity index (χ0n) is 17.3. The van der Waals surface area contributed by atoms with Gasteiger partial charge in [-0.3, -0.25) is 4.79 Å². The first-order valence-corrected chi connectivity index (χ1v) is 11.0. The van der Waals surface area contributed by atoms with Crippen LogP contribution >= 0.6 is 0 Å². The second-order valence-corrected chi connectivity index (χ2v) is 9.64. The van der Waals surface area contributed by atoms with Crippen LogP contribution in [0.3, 0.4) is 0 Å². The summed E-state index contributed by atoms with van der Waals surface area (Å²) >= 11 is 0. The largest absolute Gasteiger partial charge is 0.484 e. The van der Waals surface area contributed by atoms with Gasteiger partial charge in [0.15, 0.2) is 6.61 Å². The minimum Gasteiger partial charge on any atom is -0.484 e. The predicted molar refractivity (Wildman–Crippen MR) is 112 cm³/mol. The fourth-order valence-electron chi connectivity index (χ4n) is 6.48. The standard InChI is InChI=1S/C25H26F3NO2/c26-25(27,28)20-2-1-3-22(11-20)31-15-23(30)29-21-6-4-19(5-7-21)24-12-16-8-17(13-24)10-18(9-16)14-24/h1-7,11,16-18H,8-10,12-15H2,(H,29,30). The summed E-state index contributed by atoms with van der Waals surface area (Å²) in [6.07, 6.45) is 3.62. The van der Waals surface area contributed by atoms with Crippen molar-refractivity contribution in [2.45, 2.75) is 50.1 Å². The SMILES string of the molecule is O=C(COc1cccc(C(F)(F)F)c1)Nc1ccc(C23CC4CC(CC(C4)C2)C3)cc1. The molecule has 6 rings (SSSR count). The molecule has 1 N–H and O–H groups in total. The molecule has 164 valence electrons. The Bertz CT molecular complexity index is 932. The second kappa shape index (κ2) is 7.57. The van der Waals surface area contributed by atoms with Crippen LogP contribution < -0.4 is 10.1 Å². The lowest BCUT2D eigenvalue weighted by Gasteiger charge is -2.57. The zero-order valence-corrected chi connectivity index (χ0v) is 17.3. The molecule has 6 heteroatoms. The Morgan fingerprint density at radius 3 is 2.16 bits per heavy atom. The van der Waals surface area contributed by atoms with Crippen LogP contribution in [0.25, 0.3) is 0 Å². The van der Waals surface area contributed by atoms with E-state index in [0.717, 1.165) is 29.9 Å². The summed E-state index contributed by atoms with van der Waals surface area (Å²) in [5.74, 6) is 2.23. The van der Waals surface area contributed by atoms with Gasteiger partial charge >= 0.3 is 6.18 Å². The number of nitrogens with one attached hydrogen (secondary N) is 1. The van der Waals surface area contributed by atoms with Crippen molar-refractivity contribution in [1.29, 1.82) is 0 Å². The van der Waals surface area contributed by atoms with E-state index in [9.17, 15) is 18.0 Å². The molecule has 0 saturated heterocycles. The van der Waals surface area contributed by atoms with Gasteiger partial charge in [0.1, 0.15) is 5.75 Å². The maximum atomic E-state index is 12.8. The van der Waals surface area contributed by atoms with Crippen LogP contribution in [-0.2, 0) is 16.4 Å². The molecule has 4 saturated carbocycles. The molecule has 0 aromatic heterocycles. The number of amides is 1. The number of hydrogen-bond donors (Lipinski definition) is 1. The lowest BCUT2D eigenvalue weighted by molar-refractivity contribution is -0.137. The summed E-state index contributed by atoms with van der Waals surface area (Å²) in [6, 6.07) is 12.7. The van der Waals surface area contributed by atoms with Gasteiger partial charge in [0.05, 0.1) is 5.56 Å². The highest BCUT2D eigenvalue weighted by molar-refractivity contribution is 5.91. The number of carbonyl (C=O) groups excluding carboxylic acids is 1. The van der Waals surface area contributed by atoms with Gasteiger partial charge in [0, 0.05) is 5.69 Å². The average molecular weight is 429 g/mol. The third kappa shape index (κ3) is 4.17. The molecular weight excluding hydrogens is 403 g/mol. The van der Waals surface area contributed by atoms with Crippen molar-refractivity contribution < 1.29 is 22.7 Å². The number of carbonyl (C=O) groups is 1. The van der Waals surface area contributed by atoms with Crippen LogP contribution in [0, 0.1) is 17.8 Å². The van der Waals surface area contributed by atoms with Crippen molar-refractivity contribution >= 4 is 11.6 Å². The summed E-state index contributed by atoms with van der Waals surface area (Å²) in [4.78, 5) is 12.2. The Morgan fingerprint density at radius 2 is 1.58 bits per heavy atom. The Morgan fingerprint density at radius 1 is 0.968 bits per heavy atom. The van der Waals surface area contributed by atoms with Gasteiger partial charge in [0.25, 0.3) is 5.91 Å². The third-order valence-electron chi connectivity index (χ3n) is 7.35. The number of ether oxygens (including phenoxy) is 1. The molecule has 4 bridgehead atoms. The maximum absolute atomic E-state index is 12.8. The Hall–Kier alpha value is -2.50. The van der Waals surface area contributed by atoms with E-state index in [1.165, 1.54) is 56.2 Å². The number of rotatable bonds is 5. The summed E-state index contributed by atoms with van der Waals surface area (Å²) in [5, 5.41) is 2.77. The normalized spacial score (nSPS) is 29.1. The van der Waals surface area contributed by atoms with Crippen molar-refractivity contribution in [1.82, 2.24) is 0 Å². The van der Waals surface area contributed by atoms with Crippen LogP contribution in [0.1, 0.15) is 49.7 Å². The molecule has 2 aromatic rings. The van der Waals surface area contributed by atoms with Crippen LogP contribution in [0.4, 0.5) is 18.9 Å². The van der Waals surface area contributed by atoms with E-state index in [4.69, 9.17) is 4.74 Å². The van der Waals surface area contributed by atoms with Gasteiger partial charge in [-0.25, -0.2) is 0 Å². The van der Waals surface area contributed by atoms with Crippen LogP contribution in [0.5, 0.6) is 5.75 Å². The van der Waals surface area contributed by atoms with Crippen molar-refractivity contribution in [3.63, 3.8) is 0 Å². The lowest BCUT2D eigenvalue weighted by Crippen LogP contribution is -2.48. The van der Waals surface area contributed by atoms with E-state index < -0.39 is 17.6 Å². The minimum atomic E-state index is -4.44. The monoisotopic (exact) mass is 429 g/mol. The van der Waals surface area contributed by atoms with E-state index >= 15 is 0 Å². The molecule has 0 atom stereocenters. The summed E-state index contributed by atoms with van der Waals surface area (Å²) in [7, 11) is 0. The minimum absolute atomic E-state index is 0.0159. The van der Waals surface area contributed by atoms with Crippen LogP contribution in [-0.4, -0.2) is 12.5 Å². The highest BCUT2D eigenvalue weighted by atomic mass is 19.4. The van der Waals surface area contributed by atoms with Crippen molar-refractivity contribution in [2.75, 3.05) is 11.9 Å². The molecule has 1 amide bonds. The molecular formula is C25H26F3NO2. The molecule has 0 heterocycles. The molecule has 4 aliphatic rings. The number of alkyl halides is 3. The smallest absolute Gasteiger partial charge is 0.416 e. The third-order valence-corrected chi connectivity index (χ3v) is 7.35. The topological polar surface area (TPSA) is 38.3 Å². The van der Waals surface area contributed by atoms with E-state index in [2.05, 4.69) is 17.4 Å². The Kier molecular flexibility index (Phi) is 4.98. The number of hydrogen-bond acceptors (Lipinski definition) is 2. The summed E-state index contributed by atoms with van der Waals surface area (Å²) in [6.45, 7) is -0.349. The molecule has 3 nitrogen and oxygen atoms in total. The predicted octanol–water partition coefficient (Wildman–Crippen LogP) is 6.19. The molecule has 4 aliphatic carbocycles. The van der Waals surface area contributed by atoms with Crippen molar-refractivity contribution in [3.8, 4) is 5.75 Å². The highest BCUT2D eigenvalue weighted by Gasteiger charge is 2.51. The van der Waals surface area contributed by atoms with E-state index in [0.29, 0.717) is 11.1 Å². The fourth-order valence-corrected chi connectivity index (χ4v) is 6.48. The van der Waals surface area contributed by atoms with E-state index in [1.807, 2.05) is 12.1 Å². The zero-order chi connectivity index (χ0) is 21.6. The van der Waals surface area contributed by atoms with E-state index in [1.54, 1.807) is 0 Å². The van der Waals surface area contributed by atoms with Gasteiger partial charge in [0.2, 0.25) is 0 Å². The Labute approximate surface area is 180 Å². The average Bonchev–Trinajstić information content (AvgIpc) is 2.71. The highest BCUT2D eigenvalue weighted by Crippen LogP contribution is 2.60. The number of anilines is 1. The first-order valence-electron chi connectivity index (χ1n) is 11.0. The summed E-state index contributed by atoms with van der Waals surface area (Å²) < 4.78 is 43.6. The second-order valence-electron chi connectivity index (χ2n) is 9.64. The quantitative estimate of drug-likeness (QED) is 0.615. The lowest BCUT2D eigenvalue weighted by atomic mass is 9.48. The van der Waals surface area contributed by atoms with E-state index in [-0.39, 0.29) is 12.4 Å². The van der Waals surface area contributed by atoms with Gasteiger partial charge in [-0.1, -0.05) is 18.2 Å². The molecule has 0 aliphatic heterocycles. The van der Waals surface area contributed by atoms with Crippen molar-refractivity contribution in [2.24, 2.45) is 17.8 Å². The summed E-state index contributed by atoms with van der Waals surface area (Å²) in [5.41, 5.74) is 1.56. The number of halogens is 3. The molecule has 2 aromatic carbocycles. The molecule has 0 unspecified atom stereocenters. The molecule has 31 heavy (non-hydrogen) atoms. The first-order chi connectivity index (χ1) is 14.8. The molecule has 0 spiro atoms. The van der Waals surface area contributed by atoms with Gasteiger partial charge in [-0.15, -0.1) is 0 Å². The number of benzene rings is 2. The van der Waals surface area contributed by atoms with Gasteiger partial charge in [-0.05, 0) is 97.6 Å². The Balaban J connectivity index is 1.19. The molecule has 4 fully saturated rings.